The highest BCUT2D eigenvalue weighted by molar-refractivity contribution is 6.60. The standard InChI is InChI=1S/C8H18O6Si/c1-4-5-15(10-2,11-3)14-8-13-7-12-6-9/h6H,4-5,7-8H2,1-3H3. The molecule has 90 valence electrons. The summed E-state index contributed by atoms with van der Waals surface area (Å²) in [7, 11) is 0.525. The third-order valence-electron chi connectivity index (χ3n) is 1.76. The van der Waals surface area contributed by atoms with Crippen molar-refractivity contribution in [3.63, 3.8) is 0 Å². The molecule has 0 radical (unpaired) electrons. The number of carbonyl (C=O) groups excluding carboxylic acids is 1. The van der Waals surface area contributed by atoms with Gasteiger partial charge >= 0.3 is 8.80 Å². The Labute approximate surface area is 90.8 Å². The van der Waals surface area contributed by atoms with Crippen molar-refractivity contribution >= 4 is 15.3 Å². The quantitative estimate of drug-likeness (QED) is 0.242. The molecular weight excluding hydrogens is 220 g/mol. The van der Waals surface area contributed by atoms with Gasteiger partial charge in [-0.15, -0.1) is 0 Å². The second kappa shape index (κ2) is 8.80. The summed E-state index contributed by atoms with van der Waals surface area (Å²) < 4.78 is 25.1. The Morgan fingerprint density at radius 2 is 1.87 bits per heavy atom. The molecule has 0 spiro atoms. The van der Waals surface area contributed by atoms with Crippen molar-refractivity contribution in [3.8, 4) is 0 Å². The maximum absolute atomic E-state index is 9.80. The molecule has 0 amide bonds. The zero-order valence-corrected chi connectivity index (χ0v) is 10.4. The highest BCUT2D eigenvalue weighted by Crippen LogP contribution is 2.15. The van der Waals surface area contributed by atoms with E-state index in [1.54, 1.807) is 14.2 Å². The van der Waals surface area contributed by atoms with Gasteiger partial charge in [-0.2, -0.15) is 0 Å². The molecule has 0 unspecified atom stereocenters. The van der Waals surface area contributed by atoms with E-state index < -0.39 is 8.80 Å². The highest BCUT2D eigenvalue weighted by Gasteiger charge is 2.37. The van der Waals surface area contributed by atoms with Crippen LogP contribution in [0, 0.1) is 0 Å². The average Bonchev–Trinajstić information content (AvgIpc) is 2.27. The smallest absolute Gasteiger partial charge is 0.441 e. The van der Waals surface area contributed by atoms with E-state index in [9.17, 15) is 4.79 Å². The van der Waals surface area contributed by atoms with Crippen molar-refractivity contribution < 1.29 is 27.5 Å². The molecule has 0 fully saturated rings. The van der Waals surface area contributed by atoms with Crippen LogP contribution in [0.4, 0.5) is 0 Å². The van der Waals surface area contributed by atoms with Gasteiger partial charge in [-0.1, -0.05) is 13.3 Å². The fourth-order valence-electron chi connectivity index (χ4n) is 1.03. The van der Waals surface area contributed by atoms with Crippen LogP contribution in [0.25, 0.3) is 0 Å². The predicted molar refractivity (Wildman–Crippen MR) is 53.9 cm³/mol. The second-order valence-electron chi connectivity index (χ2n) is 2.69. The molecule has 7 heteroatoms. The number of carbonyl (C=O) groups is 1. The maximum atomic E-state index is 9.80. The number of hydrogen-bond donors (Lipinski definition) is 0. The van der Waals surface area contributed by atoms with E-state index in [0.717, 1.165) is 12.5 Å². The van der Waals surface area contributed by atoms with Gasteiger partial charge in [0.2, 0.25) is 0 Å². The van der Waals surface area contributed by atoms with Crippen molar-refractivity contribution in [2.45, 2.75) is 19.4 Å². The van der Waals surface area contributed by atoms with Crippen molar-refractivity contribution in [2.75, 3.05) is 27.8 Å². The molecule has 0 atom stereocenters. The Kier molecular flexibility index (Phi) is 8.53. The van der Waals surface area contributed by atoms with Gasteiger partial charge in [-0.05, 0) is 0 Å². The van der Waals surface area contributed by atoms with E-state index in [1.165, 1.54) is 0 Å². The fourth-order valence-corrected chi connectivity index (χ4v) is 2.86. The Bertz CT molecular complexity index is 161. The summed E-state index contributed by atoms with van der Waals surface area (Å²) in [5.41, 5.74) is 0. The molecule has 0 saturated heterocycles. The predicted octanol–water partition coefficient (Wildman–Crippen LogP) is 0.749. The van der Waals surface area contributed by atoms with E-state index in [1.807, 2.05) is 6.92 Å². The van der Waals surface area contributed by atoms with Crippen LogP contribution in [-0.2, 0) is 27.5 Å². The van der Waals surface area contributed by atoms with Crippen molar-refractivity contribution in [1.82, 2.24) is 0 Å². The molecule has 0 aromatic heterocycles. The van der Waals surface area contributed by atoms with Crippen LogP contribution >= 0.6 is 0 Å². The van der Waals surface area contributed by atoms with Gasteiger partial charge in [0.1, 0.15) is 6.79 Å². The largest absolute Gasteiger partial charge is 0.502 e. The van der Waals surface area contributed by atoms with Gasteiger partial charge in [0.25, 0.3) is 6.47 Å². The molecule has 0 aliphatic rings. The Morgan fingerprint density at radius 1 is 1.20 bits per heavy atom. The molecule has 0 heterocycles. The number of hydrogen-bond acceptors (Lipinski definition) is 6. The molecule has 0 rings (SSSR count). The molecular formula is C8H18O6Si. The van der Waals surface area contributed by atoms with E-state index in [-0.39, 0.29) is 13.6 Å². The Hall–Kier alpha value is -0.473. The third-order valence-corrected chi connectivity index (χ3v) is 4.67. The minimum absolute atomic E-state index is 0.0122. The van der Waals surface area contributed by atoms with Gasteiger partial charge in [-0.3, -0.25) is 4.79 Å². The third kappa shape index (κ3) is 5.85. The first kappa shape index (κ1) is 14.5. The first-order valence-electron chi connectivity index (χ1n) is 4.62. The molecule has 0 N–H and O–H groups in total. The van der Waals surface area contributed by atoms with Gasteiger partial charge in [0.15, 0.2) is 6.79 Å². The molecule has 0 aliphatic carbocycles. The summed E-state index contributed by atoms with van der Waals surface area (Å²) in [6.07, 6.45) is 0.902. The zero-order valence-electron chi connectivity index (χ0n) is 9.36. The maximum Gasteiger partial charge on any atom is 0.502 e. The van der Waals surface area contributed by atoms with Gasteiger partial charge in [-0.25, -0.2) is 0 Å². The lowest BCUT2D eigenvalue weighted by Crippen LogP contribution is -2.44. The summed E-state index contributed by atoms with van der Waals surface area (Å²) in [6, 6.07) is 0.720. The molecule has 0 aromatic carbocycles. The van der Waals surface area contributed by atoms with Crippen LogP contribution in [0.3, 0.4) is 0 Å². The molecule has 15 heavy (non-hydrogen) atoms. The lowest BCUT2D eigenvalue weighted by Gasteiger charge is -2.25. The molecule has 0 saturated carbocycles. The molecule has 0 bridgehead atoms. The van der Waals surface area contributed by atoms with Crippen molar-refractivity contribution in [2.24, 2.45) is 0 Å². The number of rotatable bonds is 10. The highest BCUT2D eigenvalue weighted by atomic mass is 28.4. The minimum Gasteiger partial charge on any atom is -0.441 e. The van der Waals surface area contributed by atoms with Crippen LogP contribution in [0.5, 0.6) is 0 Å². The van der Waals surface area contributed by atoms with Crippen LogP contribution in [0.15, 0.2) is 0 Å². The first-order valence-corrected chi connectivity index (χ1v) is 6.55. The SMILES string of the molecule is CCC[Si](OC)(OC)OCOCOC=O. The summed E-state index contributed by atoms with van der Waals surface area (Å²) >= 11 is 0. The van der Waals surface area contributed by atoms with E-state index in [4.69, 9.17) is 18.0 Å². The summed E-state index contributed by atoms with van der Waals surface area (Å²) in [5, 5.41) is 0. The minimum atomic E-state index is -2.57. The molecule has 0 aliphatic heterocycles. The summed E-state index contributed by atoms with van der Waals surface area (Å²) in [4.78, 5) is 9.80. The molecule has 0 aromatic rings. The fraction of sp³-hybridized carbons (Fsp3) is 0.875. The summed E-state index contributed by atoms with van der Waals surface area (Å²) in [6.45, 7) is 2.18. The normalized spacial score (nSPS) is 11.4. The average molecular weight is 238 g/mol. The lowest BCUT2D eigenvalue weighted by atomic mass is 10.6. The van der Waals surface area contributed by atoms with E-state index in [2.05, 4.69) is 4.74 Å². The number of ether oxygens (including phenoxy) is 2. The molecule has 6 nitrogen and oxygen atoms in total. The Balaban J connectivity index is 3.79. The Morgan fingerprint density at radius 3 is 2.33 bits per heavy atom. The van der Waals surface area contributed by atoms with Crippen LogP contribution < -0.4 is 0 Å². The van der Waals surface area contributed by atoms with E-state index >= 15 is 0 Å². The van der Waals surface area contributed by atoms with Crippen molar-refractivity contribution in [1.29, 1.82) is 0 Å². The first-order chi connectivity index (χ1) is 7.24. The summed E-state index contributed by atoms with van der Waals surface area (Å²) in [5.74, 6) is 0. The van der Waals surface area contributed by atoms with Crippen molar-refractivity contribution in [3.05, 3.63) is 0 Å². The topological polar surface area (TPSA) is 63.2 Å². The zero-order chi connectivity index (χ0) is 11.6. The van der Waals surface area contributed by atoms with Gasteiger partial charge < -0.3 is 22.8 Å². The van der Waals surface area contributed by atoms with Gasteiger partial charge in [0, 0.05) is 20.3 Å². The van der Waals surface area contributed by atoms with Gasteiger partial charge in [0.05, 0.1) is 0 Å². The second-order valence-corrected chi connectivity index (χ2v) is 5.66. The monoisotopic (exact) mass is 238 g/mol. The van der Waals surface area contributed by atoms with E-state index in [0.29, 0.717) is 6.47 Å². The van der Waals surface area contributed by atoms with Crippen LogP contribution in [0.1, 0.15) is 13.3 Å². The van der Waals surface area contributed by atoms with Crippen LogP contribution in [-0.4, -0.2) is 43.1 Å². The lowest BCUT2D eigenvalue weighted by molar-refractivity contribution is -0.149. The van der Waals surface area contributed by atoms with Crippen LogP contribution in [0.2, 0.25) is 6.04 Å².